The van der Waals surface area contributed by atoms with E-state index in [0.717, 1.165) is 41.7 Å². The fourth-order valence-electron chi connectivity index (χ4n) is 3.64. The Morgan fingerprint density at radius 1 is 1.27 bits per heavy atom. The summed E-state index contributed by atoms with van der Waals surface area (Å²) in [5.74, 6) is 0.0443. The average Bonchev–Trinajstić information content (AvgIpc) is 3.18. The molecule has 1 saturated heterocycles. The summed E-state index contributed by atoms with van der Waals surface area (Å²) in [6.07, 6.45) is 3.49. The van der Waals surface area contributed by atoms with Crippen LogP contribution in [0.3, 0.4) is 0 Å². The maximum Gasteiger partial charge on any atom is 0.251 e. The topological polar surface area (TPSA) is 54.0 Å². The molecule has 1 spiro atoms. The Labute approximate surface area is 130 Å². The smallest absolute Gasteiger partial charge is 0.251 e. The zero-order valence-corrected chi connectivity index (χ0v) is 12.9. The lowest BCUT2D eigenvalue weighted by molar-refractivity contribution is 0.0942. The van der Waals surface area contributed by atoms with Crippen LogP contribution in [-0.2, 0) is 0 Å². The van der Waals surface area contributed by atoms with Gasteiger partial charge in [0.15, 0.2) is 0 Å². The van der Waals surface area contributed by atoms with Crippen molar-refractivity contribution in [2.45, 2.75) is 32.2 Å². The zero-order chi connectivity index (χ0) is 15.2. The fraction of sp³-hybridized carbons (Fsp3) is 0.444. The molecule has 2 heterocycles. The third kappa shape index (κ3) is 2.37. The molecule has 4 rings (SSSR count). The van der Waals surface area contributed by atoms with E-state index >= 15 is 0 Å². The molecule has 1 saturated carbocycles. The van der Waals surface area contributed by atoms with Gasteiger partial charge in [0.2, 0.25) is 0 Å². The second-order valence-corrected chi connectivity index (χ2v) is 6.70. The molecule has 1 aliphatic carbocycles. The number of nitrogens with zero attached hydrogens (tertiary/aromatic N) is 1. The summed E-state index contributed by atoms with van der Waals surface area (Å²) in [5.41, 5.74) is 3.04. The summed E-state index contributed by atoms with van der Waals surface area (Å²) in [7, 11) is 0. The maximum absolute atomic E-state index is 12.5. The molecule has 4 nitrogen and oxygen atoms in total. The standard InChI is InChI=1S/C18H21N3O/c1-12-2-3-13-10-14(4-5-15(13)20-12)17(22)21-16-11-18(16)6-8-19-9-7-18/h2-5,10,16,19H,6-9,11H2,1H3,(H,21,22). The predicted molar refractivity (Wildman–Crippen MR) is 86.9 cm³/mol. The van der Waals surface area contributed by atoms with E-state index in [2.05, 4.69) is 15.6 Å². The van der Waals surface area contributed by atoms with Gasteiger partial charge < -0.3 is 10.6 Å². The summed E-state index contributed by atoms with van der Waals surface area (Å²) in [5, 5.41) is 7.63. The second kappa shape index (κ2) is 5.06. The summed E-state index contributed by atoms with van der Waals surface area (Å²) in [4.78, 5) is 17.0. The van der Waals surface area contributed by atoms with Gasteiger partial charge >= 0.3 is 0 Å². The SMILES string of the molecule is Cc1ccc2cc(C(=O)NC3CC34CCNCC4)ccc2n1. The summed E-state index contributed by atoms with van der Waals surface area (Å²) < 4.78 is 0. The first-order valence-electron chi connectivity index (χ1n) is 8.05. The van der Waals surface area contributed by atoms with Gasteiger partial charge in [-0.3, -0.25) is 9.78 Å². The van der Waals surface area contributed by atoms with Crippen molar-refractivity contribution in [2.24, 2.45) is 5.41 Å². The van der Waals surface area contributed by atoms with Crippen LogP contribution >= 0.6 is 0 Å². The van der Waals surface area contributed by atoms with E-state index in [4.69, 9.17) is 0 Å². The van der Waals surface area contributed by atoms with Gasteiger partial charge in [-0.1, -0.05) is 6.07 Å². The molecular formula is C18H21N3O. The maximum atomic E-state index is 12.5. The number of nitrogens with one attached hydrogen (secondary N) is 2. The number of hydrogen-bond acceptors (Lipinski definition) is 3. The molecule has 1 aromatic carbocycles. The van der Waals surface area contributed by atoms with E-state index in [-0.39, 0.29) is 5.91 Å². The minimum absolute atomic E-state index is 0.0443. The highest BCUT2D eigenvalue weighted by Gasteiger charge is 2.54. The Bertz CT molecular complexity index is 734. The largest absolute Gasteiger partial charge is 0.349 e. The van der Waals surface area contributed by atoms with Gasteiger partial charge in [-0.25, -0.2) is 0 Å². The van der Waals surface area contributed by atoms with Crippen molar-refractivity contribution in [1.29, 1.82) is 0 Å². The molecule has 1 aromatic heterocycles. The molecule has 22 heavy (non-hydrogen) atoms. The van der Waals surface area contributed by atoms with Crippen molar-refractivity contribution in [2.75, 3.05) is 13.1 Å². The number of aromatic nitrogens is 1. The zero-order valence-electron chi connectivity index (χ0n) is 12.9. The van der Waals surface area contributed by atoms with Crippen molar-refractivity contribution in [1.82, 2.24) is 15.6 Å². The third-order valence-electron chi connectivity index (χ3n) is 5.19. The number of carbonyl (C=O) groups is 1. The van der Waals surface area contributed by atoms with Crippen LogP contribution in [0.4, 0.5) is 0 Å². The van der Waals surface area contributed by atoms with Crippen molar-refractivity contribution in [3.8, 4) is 0 Å². The molecule has 0 bridgehead atoms. The first-order chi connectivity index (χ1) is 10.7. The van der Waals surface area contributed by atoms with Crippen LogP contribution < -0.4 is 10.6 Å². The quantitative estimate of drug-likeness (QED) is 0.894. The first kappa shape index (κ1) is 13.7. The van der Waals surface area contributed by atoms with Crippen LogP contribution in [0.25, 0.3) is 10.9 Å². The molecule has 1 amide bonds. The van der Waals surface area contributed by atoms with E-state index in [1.807, 2.05) is 37.3 Å². The van der Waals surface area contributed by atoms with Gasteiger partial charge in [0.1, 0.15) is 0 Å². The Kier molecular flexibility index (Phi) is 3.15. The molecule has 4 heteroatoms. The minimum atomic E-state index is 0.0443. The normalized spacial score (nSPS) is 22.7. The third-order valence-corrected chi connectivity index (χ3v) is 5.19. The van der Waals surface area contributed by atoms with Crippen LogP contribution in [0.2, 0.25) is 0 Å². The summed E-state index contributed by atoms with van der Waals surface area (Å²) >= 11 is 0. The molecule has 2 aliphatic rings. The number of carbonyl (C=O) groups excluding carboxylic acids is 1. The lowest BCUT2D eigenvalue weighted by Gasteiger charge is -2.23. The van der Waals surface area contributed by atoms with Crippen LogP contribution in [0.15, 0.2) is 30.3 Å². The van der Waals surface area contributed by atoms with Gasteiger partial charge in [-0.05, 0) is 69.0 Å². The van der Waals surface area contributed by atoms with E-state index in [1.165, 1.54) is 12.8 Å². The number of fused-ring (bicyclic) bond motifs is 1. The van der Waals surface area contributed by atoms with E-state index in [1.54, 1.807) is 0 Å². The Morgan fingerprint density at radius 2 is 2.09 bits per heavy atom. The van der Waals surface area contributed by atoms with Crippen LogP contribution in [0.5, 0.6) is 0 Å². The molecular weight excluding hydrogens is 274 g/mol. The van der Waals surface area contributed by atoms with Gasteiger partial charge in [-0.2, -0.15) is 0 Å². The number of amides is 1. The van der Waals surface area contributed by atoms with Gasteiger partial charge in [0.25, 0.3) is 5.91 Å². The Hall–Kier alpha value is -1.94. The van der Waals surface area contributed by atoms with Gasteiger partial charge in [0, 0.05) is 22.7 Å². The number of benzene rings is 1. The van der Waals surface area contributed by atoms with Crippen molar-refractivity contribution in [3.05, 3.63) is 41.6 Å². The number of rotatable bonds is 2. The molecule has 1 aliphatic heterocycles. The molecule has 2 aromatic rings. The van der Waals surface area contributed by atoms with Gasteiger partial charge in [0.05, 0.1) is 5.52 Å². The van der Waals surface area contributed by atoms with Crippen LogP contribution in [0.1, 0.15) is 35.3 Å². The van der Waals surface area contributed by atoms with Crippen molar-refractivity contribution >= 4 is 16.8 Å². The highest BCUT2D eigenvalue weighted by molar-refractivity contribution is 5.98. The monoisotopic (exact) mass is 295 g/mol. The highest BCUT2D eigenvalue weighted by Crippen LogP contribution is 2.52. The second-order valence-electron chi connectivity index (χ2n) is 6.70. The average molecular weight is 295 g/mol. The predicted octanol–water partition coefficient (Wildman–Crippen LogP) is 2.42. The highest BCUT2D eigenvalue weighted by atomic mass is 16.1. The Balaban J connectivity index is 1.50. The number of pyridine rings is 1. The van der Waals surface area contributed by atoms with Crippen LogP contribution in [-0.4, -0.2) is 30.0 Å². The van der Waals surface area contributed by atoms with Crippen molar-refractivity contribution in [3.63, 3.8) is 0 Å². The summed E-state index contributed by atoms with van der Waals surface area (Å²) in [6, 6.07) is 10.1. The molecule has 2 N–H and O–H groups in total. The van der Waals surface area contributed by atoms with Crippen molar-refractivity contribution < 1.29 is 4.79 Å². The minimum Gasteiger partial charge on any atom is -0.349 e. The van der Waals surface area contributed by atoms with Gasteiger partial charge in [-0.15, -0.1) is 0 Å². The number of piperidine rings is 1. The van der Waals surface area contributed by atoms with E-state index < -0.39 is 0 Å². The molecule has 0 radical (unpaired) electrons. The molecule has 2 fully saturated rings. The van der Waals surface area contributed by atoms with Crippen LogP contribution in [0, 0.1) is 12.3 Å². The fourth-order valence-corrected chi connectivity index (χ4v) is 3.64. The molecule has 1 unspecified atom stereocenters. The molecule has 114 valence electrons. The Morgan fingerprint density at radius 3 is 2.91 bits per heavy atom. The lowest BCUT2D eigenvalue weighted by atomic mass is 9.94. The van der Waals surface area contributed by atoms with E-state index in [0.29, 0.717) is 11.5 Å². The number of hydrogen-bond donors (Lipinski definition) is 2. The molecule has 1 atom stereocenters. The summed E-state index contributed by atoms with van der Waals surface area (Å²) in [6.45, 7) is 4.13. The lowest BCUT2D eigenvalue weighted by Crippen LogP contribution is -2.36. The first-order valence-corrected chi connectivity index (χ1v) is 8.05. The van der Waals surface area contributed by atoms with E-state index in [9.17, 15) is 4.79 Å². The number of aryl methyl sites for hydroxylation is 1.